The maximum Gasteiger partial charge on any atom is 0.294 e. The zero-order chi connectivity index (χ0) is 33.6. The summed E-state index contributed by atoms with van der Waals surface area (Å²) in [6, 6.07) is 14.1. The number of benzene rings is 2. The summed E-state index contributed by atoms with van der Waals surface area (Å²) in [5.74, 6) is 0.551. The second-order valence-electron chi connectivity index (χ2n) is 9.50. The van der Waals surface area contributed by atoms with Crippen LogP contribution in [0.5, 0.6) is 0 Å². The molecule has 0 amide bonds. The van der Waals surface area contributed by atoms with Crippen LogP contribution < -0.4 is 10.6 Å². The number of nitrogens with zero attached hydrogens (tertiary/aromatic N) is 6. The van der Waals surface area contributed by atoms with Gasteiger partial charge in [0, 0.05) is 37.8 Å². The van der Waals surface area contributed by atoms with Gasteiger partial charge in [0.2, 0.25) is 0 Å². The molecular formula is C29H34N8O7S2. The standard InChI is InChI=1S/C29H34N8O7S2/c1-4-45(38,39)19-18-44-17-15-32-28-26(20-30)21(2)27(29(33-28)31-14-5-16-43-3)37-36-23-8-6-22(7-9-23)34-35-24-10-12-25(13-11-24)46(40,41)42/h4,6-13H,1,5,14-19H2,2-3H3,(H2,31,32,33)(H,40,41,42)/b35-34+,37-36+. The highest BCUT2D eigenvalue weighted by molar-refractivity contribution is 7.94. The molecule has 244 valence electrons. The smallest absolute Gasteiger partial charge is 0.294 e. The van der Waals surface area contributed by atoms with Crippen molar-refractivity contribution in [1.29, 1.82) is 5.26 Å². The van der Waals surface area contributed by atoms with E-state index >= 15 is 0 Å². The van der Waals surface area contributed by atoms with Crippen LogP contribution >= 0.6 is 0 Å². The largest absolute Gasteiger partial charge is 0.385 e. The van der Waals surface area contributed by atoms with E-state index in [4.69, 9.17) is 14.0 Å². The van der Waals surface area contributed by atoms with Crippen molar-refractivity contribution in [3.8, 4) is 6.07 Å². The topological polar surface area (TPSA) is 217 Å². The molecule has 0 aliphatic carbocycles. The Bertz CT molecular complexity index is 1810. The third kappa shape index (κ3) is 11.1. The van der Waals surface area contributed by atoms with Crippen molar-refractivity contribution in [3.63, 3.8) is 0 Å². The Hall–Kier alpha value is -4.60. The average molecular weight is 671 g/mol. The fourth-order valence-corrected chi connectivity index (χ4v) is 4.72. The van der Waals surface area contributed by atoms with Crippen LogP contribution in [-0.4, -0.2) is 72.1 Å². The Morgan fingerprint density at radius 3 is 2.00 bits per heavy atom. The summed E-state index contributed by atoms with van der Waals surface area (Å²) in [5.41, 5.74) is 2.58. The van der Waals surface area contributed by atoms with E-state index in [0.29, 0.717) is 59.5 Å². The van der Waals surface area contributed by atoms with E-state index in [1.165, 1.54) is 24.3 Å². The summed E-state index contributed by atoms with van der Waals surface area (Å²) in [5, 5.41) is 34.0. The molecule has 0 spiro atoms. The molecule has 0 unspecified atom stereocenters. The summed E-state index contributed by atoms with van der Waals surface area (Å²) >= 11 is 0. The summed E-state index contributed by atoms with van der Waals surface area (Å²) in [6.07, 6.45) is 0.693. The van der Waals surface area contributed by atoms with Gasteiger partial charge < -0.3 is 20.1 Å². The average Bonchev–Trinajstić information content (AvgIpc) is 3.03. The molecule has 1 heterocycles. The first kappa shape index (κ1) is 35.9. The first-order valence-corrected chi connectivity index (χ1v) is 17.0. The van der Waals surface area contributed by atoms with Gasteiger partial charge in [0.05, 0.1) is 46.5 Å². The summed E-state index contributed by atoms with van der Waals surface area (Å²) in [4.78, 5) is 4.35. The zero-order valence-electron chi connectivity index (χ0n) is 25.2. The monoisotopic (exact) mass is 670 g/mol. The normalized spacial score (nSPS) is 12.0. The molecule has 0 saturated heterocycles. The Labute approximate surface area is 267 Å². The highest BCUT2D eigenvalue weighted by atomic mass is 32.2. The number of nitriles is 1. The first-order valence-electron chi connectivity index (χ1n) is 13.8. The van der Waals surface area contributed by atoms with Gasteiger partial charge >= 0.3 is 0 Å². The first-order chi connectivity index (χ1) is 22.0. The van der Waals surface area contributed by atoms with E-state index in [2.05, 4.69) is 48.7 Å². The number of sulfone groups is 1. The maximum absolute atomic E-state index is 11.5. The van der Waals surface area contributed by atoms with Crippen LogP contribution in [0.15, 0.2) is 85.9 Å². The molecule has 46 heavy (non-hydrogen) atoms. The molecule has 0 fully saturated rings. The van der Waals surface area contributed by atoms with E-state index < -0.39 is 20.0 Å². The molecule has 0 aliphatic rings. The van der Waals surface area contributed by atoms with Gasteiger partial charge in [-0.1, -0.05) is 6.58 Å². The van der Waals surface area contributed by atoms with Crippen molar-refractivity contribution < 1.29 is 30.9 Å². The second-order valence-corrected chi connectivity index (χ2v) is 13.0. The number of nitrogens with one attached hydrogen (secondary N) is 2. The highest BCUT2D eigenvalue weighted by Crippen LogP contribution is 2.35. The van der Waals surface area contributed by atoms with Crippen LogP contribution in [0, 0.1) is 18.3 Å². The number of methoxy groups -OCH3 is 1. The molecule has 0 radical (unpaired) electrons. The van der Waals surface area contributed by atoms with Crippen molar-refractivity contribution in [2.75, 3.05) is 56.4 Å². The Balaban J connectivity index is 1.75. The van der Waals surface area contributed by atoms with Crippen molar-refractivity contribution in [2.45, 2.75) is 18.2 Å². The van der Waals surface area contributed by atoms with Gasteiger partial charge in [0.1, 0.15) is 17.6 Å². The van der Waals surface area contributed by atoms with Gasteiger partial charge in [-0.2, -0.15) is 29.0 Å². The zero-order valence-corrected chi connectivity index (χ0v) is 26.9. The molecule has 3 aromatic rings. The van der Waals surface area contributed by atoms with Crippen LogP contribution in [0.25, 0.3) is 0 Å². The van der Waals surface area contributed by atoms with Crippen LogP contribution in [0.1, 0.15) is 17.5 Å². The fourth-order valence-electron chi connectivity index (χ4n) is 3.72. The molecule has 1 aromatic heterocycles. The number of hydrogen-bond donors (Lipinski definition) is 3. The minimum atomic E-state index is -4.29. The number of ether oxygens (including phenoxy) is 2. The van der Waals surface area contributed by atoms with Crippen LogP contribution in [0.2, 0.25) is 0 Å². The molecule has 0 bridgehead atoms. The lowest BCUT2D eigenvalue weighted by atomic mass is 10.1. The molecule has 3 rings (SSSR count). The Kier molecular flexibility index (Phi) is 13.4. The van der Waals surface area contributed by atoms with E-state index in [1.807, 2.05) is 0 Å². The van der Waals surface area contributed by atoms with Gasteiger partial charge in [-0.3, -0.25) is 4.55 Å². The minimum absolute atomic E-state index is 0.0104. The SMILES string of the molecule is C=CS(=O)(=O)CCOCCNc1nc(NCCCOC)c(/N=N/c2ccc(/N=N/c3ccc(S(=O)(=O)O)cc3)cc2)c(C)c1C#N. The van der Waals surface area contributed by atoms with Crippen molar-refractivity contribution in [2.24, 2.45) is 20.5 Å². The molecule has 0 aliphatic heterocycles. The number of hydrogen-bond acceptors (Lipinski definition) is 14. The fraction of sp³-hybridized carbons (Fsp3) is 0.310. The van der Waals surface area contributed by atoms with Crippen molar-refractivity contribution >= 4 is 54.3 Å². The number of azo groups is 2. The van der Waals surface area contributed by atoms with E-state index in [9.17, 15) is 22.1 Å². The Morgan fingerprint density at radius 1 is 0.891 bits per heavy atom. The molecule has 2 aromatic carbocycles. The van der Waals surface area contributed by atoms with Crippen molar-refractivity contribution in [1.82, 2.24) is 4.98 Å². The van der Waals surface area contributed by atoms with Crippen LogP contribution in [0.4, 0.5) is 34.4 Å². The van der Waals surface area contributed by atoms with E-state index in [-0.39, 0.29) is 36.0 Å². The minimum Gasteiger partial charge on any atom is -0.385 e. The number of rotatable bonds is 18. The molecule has 0 saturated carbocycles. The van der Waals surface area contributed by atoms with Gasteiger partial charge in [-0.05, 0) is 61.9 Å². The lowest BCUT2D eigenvalue weighted by Crippen LogP contribution is -2.16. The maximum atomic E-state index is 11.5. The predicted molar refractivity (Wildman–Crippen MR) is 173 cm³/mol. The number of anilines is 2. The van der Waals surface area contributed by atoms with Gasteiger partial charge in [0.25, 0.3) is 10.1 Å². The highest BCUT2D eigenvalue weighted by Gasteiger charge is 2.17. The summed E-state index contributed by atoms with van der Waals surface area (Å²) < 4.78 is 65.0. The molecule has 15 nitrogen and oxygen atoms in total. The number of aromatic nitrogens is 1. The van der Waals surface area contributed by atoms with Crippen LogP contribution in [0.3, 0.4) is 0 Å². The lowest BCUT2D eigenvalue weighted by Gasteiger charge is -2.15. The second kappa shape index (κ2) is 17.2. The molecule has 17 heteroatoms. The third-order valence-electron chi connectivity index (χ3n) is 6.18. The number of pyridine rings is 1. The third-order valence-corrected chi connectivity index (χ3v) is 8.29. The van der Waals surface area contributed by atoms with E-state index in [0.717, 1.165) is 5.41 Å². The molecule has 3 N–H and O–H groups in total. The summed E-state index contributed by atoms with van der Waals surface area (Å²) in [6.45, 7) is 6.53. The molecule has 0 atom stereocenters. The van der Waals surface area contributed by atoms with Gasteiger partial charge in [0.15, 0.2) is 15.7 Å². The quantitative estimate of drug-likeness (QED) is 0.0837. The predicted octanol–water partition coefficient (Wildman–Crippen LogP) is 5.77. The van der Waals surface area contributed by atoms with E-state index in [1.54, 1.807) is 38.3 Å². The Morgan fingerprint density at radius 2 is 1.46 bits per heavy atom. The van der Waals surface area contributed by atoms with Gasteiger partial charge in [-0.15, -0.1) is 5.11 Å². The van der Waals surface area contributed by atoms with Crippen molar-refractivity contribution in [3.05, 3.63) is 71.6 Å². The summed E-state index contributed by atoms with van der Waals surface area (Å²) in [7, 11) is -6.03. The lowest BCUT2D eigenvalue weighted by molar-refractivity contribution is 0.159. The van der Waals surface area contributed by atoms with Crippen LogP contribution in [-0.2, 0) is 29.4 Å². The van der Waals surface area contributed by atoms with Gasteiger partial charge in [-0.25, -0.2) is 13.4 Å². The molecular weight excluding hydrogens is 637 g/mol.